The van der Waals surface area contributed by atoms with Gasteiger partial charge in [-0.05, 0) is 26.3 Å². The predicted octanol–water partition coefficient (Wildman–Crippen LogP) is 0.903. The van der Waals surface area contributed by atoms with E-state index in [2.05, 4.69) is 10.4 Å². The fourth-order valence-corrected chi connectivity index (χ4v) is 2.04. The quantitative estimate of drug-likeness (QED) is 0.757. The SMILES string of the molecule is COC(=O)c1cn([C@H]2CCCNC2)nc1C. The predicted molar refractivity (Wildman–Crippen MR) is 59.4 cm³/mol. The van der Waals surface area contributed by atoms with E-state index in [-0.39, 0.29) is 5.97 Å². The molecule has 0 amide bonds. The molecule has 1 aliphatic rings. The molecule has 88 valence electrons. The minimum atomic E-state index is -0.312. The Hall–Kier alpha value is -1.36. The molecule has 0 radical (unpaired) electrons. The molecule has 5 nitrogen and oxygen atoms in total. The van der Waals surface area contributed by atoms with Gasteiger partial charge in [0.2, 0.25) is 0 Å². The molecule has 0 saturated carbocycles. The average molecular weight is 223 g/mol. The first-order valence-electron chi connectivity index (χ1n) is 5.57. The third-order valence-electron chi connectivity index (χ3n) is 2.97. The van der Waals surface area contributed by atoms with Crippen LogP contribution >= 0.6 is 0 Å². The van der Waals surface area contributed by atoms with Gasteiger partial charge in [-0.2, -0.15) is 5.10 Å². The fourth-order valence-electron chi connectivity index (χ4n) is 2.04. The van der Waals surface area contributed by atoms with Crippen molar-refractivity contribution in [2.24, 2.45) is 0 Å². The molecule has 2 heterocycles. The first-order chi connectivity index (χ1) is 7.72. The molecule has 1 saturated heterocycles. The number of nitrogens with zero attached hydrogens (tertiary/aromatic N) is 2. The molecular formula is C11H17N3O2. The van der Waals surface area contributed by atoms with Crippen LogP contribution in [0.25, 0.3) is 0 Å². The Labute approximate surface area is 94.8 Å². The molecule has 1 fully saturated rings. The van der Waals surface area contributed by atoms with Gasteiger partial charge in [0.05, 0.1) is 18.8 Å². The average Bonchev–Trinajstić information content (AvgIpc) is 2.71. The smallest absolute Gasteiger partial charge is 0.341 e. The number of rotatable bonds is 2. The fraction of sp³-hybridized carbons (Fsp3) is 0.636. The van der Waals surface area contributed by atoms with E-state index in [1.165, 1.54) is 7.11 Å². The molecule has 0 unspecified atom stereocenters. The number of methoxy groups -OCH3 is 1. The lowest BCUT2D eigenvalue weighted by Gasteiger charge is -2.22. The molecule has 0 aromatic carbocycles. The topological polar surface area (TPSA) is 56.1 Å². The maximum atomic E-state index is 11.4. The number of esters is 1. The third kappa shape index (κ3) is 2.09. The standard InChI is InChI=1S/C11H17N3O2/c1-8-10(11(15)16-2)7-14(13-8)9-4-3-5-12-6-9/h7,9,12H,3-6H2,1-2H3/t9-/m0/s1. The highest BCUT2D eigenvalue weighted by Gasteiger charge is 2.19. The second-order valence-electron chi connectivity index (χ2n) is 4.10. The van der Waals surface area contributed by atoms with Crippen molar-refractivity contribution in [2.75, 3.05) is 20.2 Å². The molecule has 0 bridgehead atoms. The molecule has 1 atom stereocenters. The molecule has 0 spiro atoms. The van der Waals surface area contributed by atoms with Gasteiger partial charge in [-0.3, -0.25) is 4.68 Å². The lowest BCUT2D eigenvalue weighted by atomic mass is 10.1. The highest BCUT2D eigenvalue weighted by Crippen LogP contribution is 2.18. The van der Waals surface area contributed by atoms with Gasteiger partial charge >= 0.3 is 5.97 Å². The lowest BCUT2D eigenvalue weighted by Crippen LogP contribution is -2.31. The molecule has 1 aliphatic heterocycles. The van der Waals surface area contributed by atoms with Crippen molar-refractivity contribution in [3.63, 3.8) is 0 Å². The van der Waals surface area contributed by atoms with Crippen molar-refractivity contribution >= 4 is 5.97 Å². The molecule has 1 aromatic rings. The molecule has 0 aliphatic carbocycles. The molecule has 1 N–H and O–H groups in total. The number of carbonyl (C=O) groups excluding carboxylic acids is 1. The molecule has 1 aromatic heterocycles. The van der Waals surface area contributed by atoms with Gasteiger partial charge in [0.1, 0.15) is 5.56 Å². The van der Waals surface area contributed by atoms with E-state index in [1.807, 2.05) is 11.6 Å². The third-order valence-corrected chi connectivity index (χ3v) is 2.97. The van der Waals surface area contributed by atoms with Gasteiger partial charge < -0.3 is 10.1 Å². The summed E-state index contributed by atoms with van der Waals surface area (Å²) in [6.45, 7) is 3.82. The van der Waals surface area contributed by atoms with E-state index in [9.17, 15) is 4.79 Å². The summed E-state index contributed by atoms with van der Waals surface area (Å²) in [7, 11) is 1.39. The monoisotopic (exact) mass is 223 g/mol. The van der Waals surface area contributed by atoms with E-state index in [4.69, 9.17) is 4.74 Å². The second-order valence-corrected chi connectivity index (χ2v) is 4.10. The number of hydrogen-bond donors (Lipinski definition) is 1. The zero-order chi connectivity index (χ0) is 11.5. The summed E-state index contributed by atoms with van der Waals surface area (Å²) in [4.78, 5) is 11.4. The van der Waals surface area contributed by atoms with Crippen molar-refractivity contribution in [1.29, 1.82) is 0 Å². The Bertz CT molecular complexity index is 381. The van der Waals surface area contributed by atoms with Crippen molar-refractivity contribution in [2.45, 2.75) is 25.8 Å². The molecule has 16 heavy (non-hydrogen) atoms. The van der Waals surface area contributed by atoms with Crippen LogP contribution in [-0.2, 0) is 4.74 Å². The molecule has 5 heteroatoms. The van der Waals surface area contributed by atoms with Gasteiger partial charge in [0, 0.05) is 12.7 Å². The van der Waals surface area contributed by atoms with Crippen molar-refractivity contribution in [3.8, 4) is 0 Å². The van der Waals surface area contributed by atoms with E-state index in [0.29, 0.717) is 11.6 Å². The first-order valence-corrected chi connectivity index (χ1v) is 5.57. The van der Waals surface area contributed by atoms with Crippen LogP contribution in [0.5, 0.6) is 0 Å². The van der Waals surface area contributed by atoms with Crippen LogP contribution < -0.4 is 5.32 Å². The first kappa shape index (κ1) is 11.1. The summed E-state index contributed by atoms with van der Waals surface area (Å²) in [5, 5.41) is 7.71. The Morgan fingerprint density at radius 3 is 3.12 bits per heavy atom. The van der Waals surface area contributed by atoms with Crippen LogP contribution in [-0.4, -0.2) is 35.9 Å². The largest absolute Gasteiger partial charge is 0.465 e. The highest BCUT2D eigenvalue weighted by atomic mass is 16.5. The highest BCUT2D eigenvalue weighted by molar-refractivity contribution is 5.90. The number of piperidine rings is 1. The number of hydrogen-bond acceptors (Lipinski definition) is 4. The van der Waals surface area contributed by atoms with Crippen molar-refractivity contribution in [1.82, 2.24) is 15.1 Å². The summed E-state index contributed by atoms with van der Waals surface area (Å²) < 4.78 is 6.59. The van der Waals surface area contributed by atoms with E-state index < -0.39 is 0 Å². The Morgan fingerprint density at radius 1 is 1.69 bits per heavy atom. The van der Waals surface area contributed by atoms with Gasteiger partial charge in [-0.25, -0.2) is 4.79 Å². The van der Waals surface area contributed by atoms with Gasteiger partial charge in [-0.1, -0.05) is 0 Å². The minimum absolute atomic E-state index is 0.312. The number of nitrogens with one attached hydrogen (secondary N) is 1. The van der Waals surface area contributed by atoms with E-state index in [0.717, 1.165) is 31.6 Å². The minimum Gasteiger partial charge on any atom is -0.465 e. The second kappa shape index (κ2) is 4.65. The maximum absolute atomic E-state index is 11.4. The number of ether oxygens (including phenoxy) is 1. The summed E-state index contributed by atoms with van der Waals surface area (Å²) in [5.74, 6) is -0.312. The Kier molecular flexibility index (Phi) is 3.24. The summed E-state index contributed by atoms with van der Waals surface area (Å²) >= 11 is 0. The summed E-state index contributed by atoms with van der Waals surface area (Å²) in [5.41, 5.74) is 1.30. The zero-order valence-corrected chi connectivity index (χ0v) is 9.69. The zero-order valence-electron chi connectivity index (χ0n) is 9.69. The van der Waals surface area contributed by atoms with E-state index >= 15 is 0 Å². The number of aromatic nitrogens is 2. The lowest BCUT2D eigenvalue weighted by molar-refractivity contribution is 0.0599. The van der Waals surface area contributed by atoms with Crippen molar-refractivity contribution < 1.29 is 9.53 Å². The number of carbonyl (C=O) groups is 1. The van der Waals surface area contributed by atoms with Gasteiger partial charge in [0.15, 0.2) is 0 Å². The van der Waals surface area contributed by atoms with Crippen molar-refractivity contribution in [3.05, 3.63) is 17.5 Å². The van der Waals surface area contributed by atoms with Crippen LogP contribution in [0.2, 0.25) is 0 Å². The molecule has 2 rings (SSSR count). The van der Waals surface area contributed by atoms with Gasteiger partial charge in [0.25, 0.3) is 0 Å². The van der Waals surface area contributed by atoms with Gasteiger partial charge in [-0.15, -0.1) is 0 Å². The Balaban J connectivity index is 2.19. The maximum Gasteiger partial charge on any atom is 0.341 e. The van der Waals surface area contributed by atoms with Crippen LogP contribution in [0.15, 0.2) is 6.20 Å². The van der Waals surface area contributed by atoms with E-state index in [1.54, 1.807) is 6.20 Å². The Morgan fingerprint density at radius 2 is 2.50 bits per heavy atom. The summed E-state index contributed by atoms with van der Waals surface area (Å²) in [6, 6.07) is 0.353. The number of aryl methyl sites for hydroxylation is 1. The van der Waals surface area contributed by atoms with Crippen LogP contribution in [0.4, 0.5) is 0 Å². The van der Waals surface area contributed by atoms with Crippen LogP contribution in [0.1, 0.15) is 34.9 Å². The summed E-state index contributed by atoms with van der Waals surface area (Å²) in [6.07, 6.45) is 4.05. The molecular weight excluding hydrogens is 206 g/mol. The van der Waals surface area contributed by atoms with Crippen LogP contribution in [0.3, 0.4) is 0 Å². The van der Waals surface area contributed by atoms with Crippen LogP contribution in [0, 0.1) is 6.92 Å². The normalized spacial score (nSPS) is 20.8.